The van der Waals surface area contributed by atoms with E-state index in [2.05, 4.69) is 48.0 Å². The third kappa shape index (κ3) is 2.61. The van der Waals surface area contributed by atoms with Crippen LogP contribution in [0.1, 0.15) is 34.6 Å². The molecule has 0 aliphatic heterocycles. The topological polar surface area (TPSA) is 59.9 Å². The molecule has 0 spiro atoms. The van der Waals surface area contributed by atoms with Crippen LogP contribution in [0.3, 0.4) is 0 Å². The normalized spacial score (nSPS) is 20.1. The summed E-state index contributed by atoms with van der Waals surface area (Å²) in [7, 11) is 0. The second kappa shape index (κ2) is 4.78. The molecule has 1 saturated carbocycles. The number of hydrogen-bond donors (Lipinski definition) is 1. The van der Waals surface area contributed by atoms with Gasteiger partial charge in [-0.1, -0.05) is 27.7 Å². The second-order valence-corrected chi connectivity index (χ2v) is 6.36. The summed E-state index contributed by atoms with van der Waals surface area (Å²) in [5.41, 5.74) is 0.666. The van der Waals surface area contributed by atoms with Crippen LogP contribution in [0.25, 0.3) is 0 Å². The van der Waals surface area contributed by atoms with E-state index in [1.807, 2.05) is 6.92 Å². The van der Waals surface area contributed by atoms with Crippen LogP contribution in [0.15, 0.2) is 0 Å². The largest absolute Gasteiger partial charge is 0.464 e. The van der Waals surface area contributed by atoms with Crippen LogP contribution in [-0.2, 0) is 0 Å². The molecule has 0 aromatic carbocycles. The van der Waals surface area contributed by atoms with E-state index >= 15 is 0 Å². The lowest BCUT2D eigenvalue weighted by Gasteiger charge is -2.07. The fourth-order valence-corrected chi connectivity index (χ4v) is 2.79. The van der Waals surface area contributed by atoms with Crippen molar-refractivity contribution in [2.75, 3.05) is 18.5 Å². The maximum atomic E-state index is 5.85. The van der Waals surface area contributed by atoms with Gasteiger partial charge in [-0.3, -0.25) is 0 Å². The molecule has 1 N–H and O–H groups in total. The van der Waals surface area contributed by atoms with Crippen molar-refractivity contribution in [3.8, 4) is 6.01 Å². The Morgan fingerprint density at radius 1 is 1.16 bits per heavy atom. The number of halogens is 1. The van der Waals surface area contributed by atoms with E-state index in [1.54, 1.807) is 0 Å². The molecular formula is C13H21ClN4O. The van der Waals surface area contributed by atoms with Crippen molar-refractivity contribution in [3.05, 3.63) is 5.28 Å². The molecule has 5 nitrogen and oxygen atoms in total. The molecule has 0 atom stereocenters. The van der Waals surface area contributed by atoms with E-state index in [0.717, 1.165) is 6.54 Å². The van der Waals surface area contributed by atoms with Crippen LogP contribution < -0.4 is 10.1 Å². The summed E-state index contributed by atoms with van der Waals surface area (Å²) in [6, 6.07) is 0.263. The smallest absolute Gasteiger partial charge is 0.322 e. The maximum absolute atomic E-state index is 5.85. The Bertz CT molecular complexity index is 462. The predicted molar refractivity (Wildman–Crippen MR) is 75.5 cm³/mol. The number of ether oxygens (including phenoxy) is 1. The molecule has 106 valence electrons. The highest BCUT2D eigenvalue weighted by atomic mass is 35.5. The number of aromatic nitrogens is 3. The van der Waals surface area contributed by atoms with Gasteiger partial charge in [0.15, 0.2) is 0 Å². The second-order valence-electron chi connectivity index (χ2n) is 6.02. The molecule has 0 saturated heterocycles. The van der Waals surface area contributed by atoms with Crippen molar-refractivity contribution in [2.45, 2.75) is 34.6 Å². The zero-order chi connectivity index (χ0) is 14.3. The Balaban J connectivity index is 2.01. The van der Waals surface area contributed by atoms with Gasteiger partial charge in [-0.2, -0.15) is 15.0 Å². The zero-order valence-corrected chi connectivity index (χ0v) is 12.9. The highest BCUT2D eigenvalue weighted by molar-refractivity contribution is 6.28. The zero-order valence-electron chi connectivity index (χ0n) is 12.1. The predicted octanol–water partition coefficient (Wildman–Crippen LogP) is 3.02. The first-order valence-corrected chi connectivity index (χ1v) is 6.95. The summed E-state index contributed by atoms with van der Waals surface area (Å²) in [5, 5.41) is 3.38. The number of hydrogen-bond acceptors (Lipinski definition) is 5. The molecule has 0 amide bonds. The van der Waals surface area contributed by atoms with Gasteiger partial charge in [0, 0.05) is 6.54 Å². The van der Waals surface area contributed by atoms with Crippen molar-refractivity contribution in [2.24, 2.45) is 16.7 Å². The van der Waals surface area contributed by atoms with Crippen molar-refractivity contribution in [3.63, 3.8) is 0 Å². The number of rotatable bonds is 5. The monoisotopic (exact) mass is 284 g/mol. The Morgan fingerprint density at radius 2 is 1.79 bits per heavy atom. The Kier molecular flexibility index (Phi) is 3.60. The quantitative estimate of drug-likeness (QED) is 0.900. The fraction of sp³-hybridized carbons (Fsp3) is 0.769. The molecule has 1 aliphatic rings. The molecule has 1 aliphatic carbocycles. The fourth-order valence-electron chi connectivity index (χ4n) is 2.64. The maximum Gasteiger partial charge on any atom is 0.322 e. The third-order valence-corrected chi connectivity index (χ3v) is 4.81. The van der Waals surface area contributed by atoms with E-state index in [0.29, 0.717) is 29.3 Å². The summed E-state index contributed by atoms with van der Waals surface area (Å²) in [5.74, 6) is 1.06. The Labute approximate surface area is 119 Å². The molecule has 0 radical (unpaired) electrons. The summed E-state index contributed by atoms with van der Waals surface area (Å²) in [6.07, 6.45) is 0. The number of nitrogens with zero attached hydrogens (tertiary/aromatic N) is 3. The molecule has 1 aromatic rings. The summed E-state index contributed by atoms with van der Waals surface area (Å²) in [4.78, 5) is 12.1. The Hall–Kier alpha value is -1.10. The van der Waals surface area contributed by atoms with Crippen molar-refractivity contribution in [1.29, 1.82) is 0 Å². The van der Waals surface area contributed by atoms with Crippen LogP contribution in [0.2, 0.25) is 5.28 Å². The van der Waals surface area contributed by atoms with Gasteiger partial charge >= 0.3 is 6.01 Å². The first-order valence-electron chi connectivity index (χ1n) is 6.57. The van der Waals surface area contributed by atoms with Gasteiger partial charge in [0.25, 0.3) is 0 Å². The van der Waals surface area contributed by atoms with Gasteiger partial charge in [0.2, 0.25) is 11.2 Å². The lowest BCUT2D eigenvalue weighted by atomic mass is 10.0. The third-order valence-electron chi connectivity index (χ3n) is 4.65. The van der Waals surface area contributed by atoms with Crippen molar-refractivity contribution in [1.82, 2.24) is 15.0 Å². The minimum Gasteiger partial charge on any atom is -0.464 e. The molecular weight excluding hydrogens is 264 g/mol. The highest BCUT2D eigenvalue weighted by Crippen LogP contribution is 2.68. The first-order chi connectivity index (χ1) is 8.79. The summed E-state index contributed by atoms with van der Waals surface area (Å²) >= 11 is 5.85. The average Bonchev–Trinajstić information content (AvgIpc) is 2.66. The van der Waals surface area contributed by atoms with Gasteiger partial charge in [0.05, 0.1) is 6.61 Å². The molecule has 6 heteroatoms. The van der Waals surface area contributed by atoms with Crippen LogP contribution >= 0.6 is 11.6 Å². The highest BCUT2D eigenvalue weighted by Gasteiger charge is 2.64. The lowest BCUT2D eigenvalue weighted by molar-refractivity contribution is 0.312. The minimum absolute atomic E-state index is 0.148. The molecule has 2 rings (SSSR count). The standard InChI is InChI=1S/C13H21ClN4O/c1-6-19-11-17-9(14)16-10(18-11)15-7-8-12(2,3)13(8,4)5/h8H,6-7H2,1-5H3,(H,15,16,17,18). The molecule has 19 heavy (non-hydrogen) atoms. The van der Waals surface area contributed by atoms with E-state index in [1.165, 1.54) is 0 Å². The number of anilines is 1. The molecule has 1 aromatic heterocycles. The van der Waals surface area contributed by atoms with Crippen molar-refractivity contribution >= 4 is 17.5 Å². The molecule has 0 bridgehead atoms. The van der Waals surface area contributed by atoms with Crippen LogP contribution in [0.5, 0.6) is 6.01 Å². The van der Waals surface area contributed by atoms with Crippen molar-refractivity contribution < 1.29 is 4.74 Å². The Morgan fingerprint density at radius 3 is 2.32 bits per heavy atom. The SMILES string of the molecule is CCOc1nc(Cl)nc(NCC2C(C)(C)C2(C)C)n1. The van der Waals surface area contributed by atoms with Crippen LogP contribution in [0.4, 0.5) is 5.95 Å². The van der Waals surface area contributed by atoms with Crippen LogP contribution in [0, 0.1) is 16.7 Å². The van der Waals surface area contributed by atoms with Gasteiger partial charge in [0.1, 0.15) is 0 Å². The van der Waals surface area contributed by atoms with E-state index in [4.69, 9.17) is 16.3 Å². The number of nitrogens with one attached hydrogen (secondary N) is 1. The first kappa shape index (κ1) is 14.3. The molecule has 1 fully saturated rings. The summed E-state index contributed by atoms with van der Waals surface area (Å²) < 4.78 is 5.24. The van der Waals surface area contributed by atoms with Gasteiger partial charge in [-0.25, -0.2) is 0 Å². The minimum atomic E-state index is 0.148. The van der Waals surface area contributed by atoms with Gasteiger partial charge in [-0.15, -0.1) is 0 Å². The van der Waals surface area contributed by atoms with E-state index in [9.17, 15) is 0 Å². The van der Waals surface area contributed by atoms with Crippen LogP contribution in [-0.4, -0.2) is 28.1 Å². The summed E-state index contributed by atoms with van der Waals surface area (Å²) in [6.45, 7) is 12.3. The van der Waals surface area contributed by atoms with Gasteiger partial charge < -0.3 is 10.1 Å². The molecule has 0 unspecified atom stereocenters. The molecule has 1 heterocycles. The van der Waals surface area contributed by atoms with E-state index in [-0.39, 0.29) is 11.3 Å². The van der Waals surface area contributed by atoms with E-state index < -0.39 is 0 Å². The lowest BCUT2D eigenvalue weighted by Crippen LogP contribution is -2.12. The average molecular weight is 285 g/mol. The van der Waals surface area contributed by atoms with Gasteiger partial charge in [-0.05, 0) is 35.3 Å².